The van der Waals surface area contributed by atoms with E-state index in [0.29, 0.717) is 0 Å². The van der Waals surface area contributed by atoms with Gasteiger partial charge in [-0.15, -0.1) is 24.8 Å². The van der Waals surface area contributed by atoms with E-state index < -0.39 is 6.04 Å². The highest BCUT2D eigenvalue weighted by Crippen LogP contribution is 2.16. The van der Waals surface area contributed by atoms with Crippen molar-refractivity contribution in [2.75, 3.05) is 26.2 Å². The lowest BCUT2D eigenvalue weighted by Crippen LogP contribution is -2.50. The lowest BCUT2D eigenvalue weighted by atomic mass is 10.1. The van der Waals surface area contributed by atoms with E-state index in [0.717, 1.165) is 38.3 Å². The highest BCUT2D eigenvalue weighted by molar-refractivity contribution is 5.85. The lowest BCUT2D eigenvalue weighted by molar-refractivity contribution is -0.134. The number of nitrogens with two attached hydrogens (primary N) is 1. The van der Waals surface area contributed by atoms with Gasteiger partial charge >= 0.3 is 0 Å². The minimum Gasteiger partial charge on any atom is -0.338 e. The van der Waals surface area contributed by atoms with E-state index in [1.54, 1.807) is 0 Å². The first kappa shape index (κ1) is 22.5. The number of piperazine rings is 1. The molecule has 0 aliphatic carbocycles. The Balaban J connectivity index is 0.00000169. The third-order valence-corrected chi connectivity index (χ3v) is 4.60. The van der Waals surface area contributed by atoms with Crippen LogP contribution in [0.5, 0.6) is 0 Å². The largest absolute Gasteiger partial charge is 0.338 e. The minimum atomic E-state index is -0.561. The molecule has 0 saturated carbocycles. The van der Waals surface area contributed by atoms with Crippen molar-refractivity contribution in [3.63, 3.8) is 0 Å². The maximum Gasteiger partial charge on any atom is 0.244 e. The first-order chi connectivity index (χ1) is 11.6. The van der Waals surface area contributed by atoms with Crippen molar-refractivity contribution < 1.29 is 4.79 Å². The average Bonchev–Trinajstić information content (AvgIpc) is 2.62. The highest BCUT2D eigenvalue weighted by atomic mass is 35.5. The van der Waals surface area contributed by atoms with E-state index in [-0.39, 0.29) is 30.7 Å². The summed E-state index contributed by atoms with van der Waals surface area (Å²) in [5, 5.41) is 0. The first-order valence-corrected chi connectivity index (χ1v) is 8.51. The van der Waals surface area contributed by atoms with Crippen LogP contribution in [-0.2, 0) is 11.3 Å². The third-order valence-electron chi connectivity index (χ3n) is 4.60. The van der Waals surface area contributed by atoms with Crippen molar-refractivity contribution in [2.24, 2.45) is 5.73 Å². The van der Waals surface area contributed by atoms with Crippen LogP contribution in [0.4, 0.5) is 0 Å². The van der Waals surface area contributed by atoms with E-state index in [4.69, 9.17) is 5.73 Å². The summed E-state index contributed by atoms with van der Waals surface area (Å²) < 4.78 is 0. The van der Waals surface area contributed by atoms with Gasteiger partial charge in [0.1, 0.15) is 6.04 Å². The molecule has 6 heteroatoms. The van der Waals surface area contributed by atoms with E-state index in [1.807, 2.05) is 35.2 Å². The average molecular weight is 396 g/mol. The molecule has 1 saturated heterocycles. The number of halogens is 2. The van der Waals surface area contributed by atoms with Crippen molar-refractivity contribution in [3.8, 4) is 0 Å². The molecule has 26 heavy (non-hydrogen) atoms. The van der Waals surface area contributed by atoms with Crippen LogP contribution in [-0.4, -0.2) is 41.9 Å². The van der Waals surface area contributed by atoms with Gasteiger partial charge < -0.3 is 10.6 Å². The number of rotatable bonds is 4. The van der Waals surface area contributed by atoms with Gasteiger partial charge in [0, 0.05) is 32.7 Å². The second-order valence-corrected chi connectivity index (χ2v) is 6.48. The Kier molecular flexibility index (Phi) is 9.09. The van der Waals surface area contributed by atoms with Gasteiger partial charge in [-0.05, 0) is 18.1 Å². The maximum atomic E-state index is 12.6. The standard InChI is InChI=1S/C20H25N3O.2ClH/c1-16-6-5-7-17(14-16)15-22-10-12-23(13-11-22)20(24)19(21)18-8-3-2-4-9-18;;/h2-9,14,19H,10-13,15,21H2,1H3;2*1H. The smallest absolute Gasteiger partial charge is 0.244 e. The van der Waals surface area contributed by atoms with Gasteiger partial charge in [0.2, 0.25) is 5.91 Å². The van der Waals surface area contributed by atoms with Gasteiger partial charge in [0.15, 0.2) is 0 Å². The number of carbonyl (C=O) groups excluding carboxylic acids is 1. The molecule has 1 heterocycles. The van der Waals surface area contributed by atoms with Crippen molar-refractivity contribution in [1.29, 1.82) is 0 Å². The monoisotopic (exact) mass is 395 g/mol. The van der Waals surface area contributed by atoms with E-state index >= 15 is 0 Å². The van der Waals surface area contributed by atoms with E-state index in [2.05, 4.69) is 36.1 Å². The zero-order valence-electron chi connectivity index (χ0n) is 15.0. The zero-order chi connectivity index (χ0) is 16.9. The number of aryl methyl sites for hydroxylation is 1. The molecule has 2 aromatic carbocycles. The summed E-state index contributed by atoms with van der Waals surface area (Å²) in [5.41, 5.74) is 9.64. The molecule has 1 unspecified atom stereocenters. The SMILES string of the molecule is Cc1cccc(CN2CCN(C(=O)C(N)c3ccccc3)CC2)c1.Cl.Cl. The topological polar surface area (TPSA) is 49.6 Å². The number of hydrogen-bond acceptors (Lipinski definition) is 3. The molecule has 3 rings (SSSR count). The summed E-state index contributed by atoms with van der Waals surface area (Å²) in [6.07, 6.45) is 0. The molecular weight excluding hydrogens is 369 g/mol. The molecule has 1 aliphatic heterocycles. The van der Waals surface area contributed by atoms with Crippen LogP contribution in [0.3, 0.4) is 0 Å². The van der Waals surface area contributed by atoms with Crippen LogP contribution in [0.15, 0.2) is 54.6 Å². The van der Waals surface area contributed by atoms with Crippen LogP contribution in [0.25, 0.3) is 0 Å². The first-order valence-electron chi connectivity index (χ1n) is 8.51. The van der Waals surface area contributed by atoms with Crippen LogP contribution >= 0.6 is 24.8 Å². The van der Waals surface area contributed by atoms with Crippen molar-refractivity contribution in [3.05, 3.63) is 71.3 Å². The van der Waals surface area contributed by atoms with Crippen LogP contribution in [0, 0.1) is 6.92 Å². The predicted molar refractivity (Wildman–Crippen MR) is 111 cm³/mol. The Labute approximate surface area is 168 Å². The fourth-order valence-electron chi connectivity index (χ4n) is 3.19. The number of amides is 1. The Morgan fingerprint density at radius 2 is 1.65 bits per heavy atom. The van der Waals surface area contributed by atoms with Crippen molar-refractivity contribution >= 4 is 30.7 Å². The Hall–Kier alpha value is -1.59. The predicted octanol–water partition coefficient (Wildman–Crippen LogP) is 3.18. The number of carbonyl (C=O) groups is 1. The third kappa shape index (κ3) is 5.71. The summed E-state index contributed by atoms with van der Waals surface area (Å²) in [7, 11) is 0. The summed E-state index contributed by atoms with van der Waals surface area (Å²) in [6.45, 7) is 6.32. The molecule has 0 radical (unpaired) electrons. The molecule has 1 fully saturated rings. The fourth-order valence-corrected chi connectivity index (χ4v) is 3.19. The van der Waals surface area contributed by atoms with Crippen LogP contribution in [0.2, 0.25) is 0 Å². The summed E-state index contributed by atoms with van der Waals surface area (Å²) in [4.78, 5) is 16.9. The Bertz CT molecular complexity index is 688. The van der Waals surface area contributed by atoms with Crippen molar-refractivity contribution in [2.45, 2.75) is 19.5 Å². The van der Waals surface area contributed by atoms with Crippen LogP contribution in [0.1, 0.15) is 22.7 Å². The summed E-state index contributed by atoms with van der Waals surface area (Å²) in [5.74, 6) is 0.0244. The molecule has 1 aliphatic rings. The fraction of sp³-hybridized carbons (Fsp3) is 0.350. The van der Waals surface area contributed by atoms with Crippen molar-refractivity contribution in [1.82, 2.24) is 9.80 Å². The molecule has 1 amide bonds. The van der Waals surface area contributed by atoms with Crippen LogP contribution < -0.4 is 5.73 Å². The molecule has 0 bridgehead atoms. The molecule has 2 aromatic rings. The van der Waals surface area contributed by atoms with Gasteiger partial charge in [-0.25, -0.2) is 0 Å². The van der Waals surface area contributed by atoms with E-state index in [9.17, 15) is 4.79 Å². The van der Waals surface area contributed by atoms with Gasteiger partial charge in [0.05, 0.1) is 0 Å². The molecule has 0 aromatic heterocycles. The second-order valence-electron chi connectivity index (χ2n) is 6.48. The number of nitrogens with zero attached hydrogens (tertiary/aromatic N) is 2. The van der Waals surface area contributed by atoms with Gasteiger partial charge in [-0.1, -0.05) is 60.2 Å². The molecule has 2 N–H and O–H groups in total. The van der Waals surface area contributed by atoms with E-state index in [1.165, 1.54) is 11.1 Å². The Morgan fingerprint density at radius 3 is 2.27 bits per heavy atom. The maximum absolute atomic E-state index is 12.6. The minimum absolute atomic E-state index is 0. The van der Waals surface area contributed by atoms with Gasteiger partial charge in [0.25, 0.3) is 0 Å². The zero-order valence-corrected chi connectivity index (χ0v) is 16.6. The Morgan fingerprint density at radius 1 is 1.00 bits per heavy atom. The normalized spacial score (nSPS) is 15.5. The molecule has 1 atom stereocenters. The molecular formula is C20H27Cl2N3O. The summed E-state index contributed by atoms with van der Waals surface area (Å²) >= 11 is 0. The van der Waals surface area contributed by atoms with Gasteiger partial charge in [-0.2, -0.15) is 0 Å². The number of benzene rings is 2. The molecule has 142 valence electrons. The number of hydrogen-bond donors (Lipinski definition) is 1. The van der Waals surface area contributed by atoms with Gasteiger partial charge in [-0.3, -0.25) is 9.69 Å². The molecule has 0 spiro atoms. The lowest BCUT2D eigenvalue weighted by Gasteiger charge is -2.36. The highest BCUT2D eigenvalue weighted by Gasteiger charge is 2.26. The summed E-state index contributed by atoms with van der Waals surface area (Å²) in [6, 6.07) is 17.6. The second kappa shape index (κ2) is 10.5. The quantitative estimate of drug-likeness (QED) is 0.864. The molecule has 4 nitrogen and oxygen atoms in total.